The Labute approximate surface area is 70.1 Å². The van der Waals surface area contributed by atoms with Gasteiger partial charge >= 0.3 is 0 Å². The van der Waals surface area contributed by atoms with Gasteiger partial charge in [0.25, 0.3) is 0 Å². The van der Waals surface area contributed by atoms with Crippen LogP contribution in [-0.4, -0.2) is 29.3 Å². The average Bonchev–Trinajstić information content (AvgIpc) is 2.33. The number of aromatic nitrogens is 1. The van der Waals surface area contributed by atoms with Gasteiger partial charge < -0.3 is 4.52 Å². The van der Waals surface area contributed by atoms with Crippen LogP contribution in [0.15, 0.2) is 10.6 Å². The Morgan fingerprint density at radius 3 is 3.00 bits per heavy atom. The first kappa shape index (κ1) is 7.73. The first-order valence-electron chi connectivity index (χ1n) is 4.02. The van der Waals surface area contributed by atoms with Crippen LogP contribution in [0.3, 0.4) is 0 Å². The Hall–Kier alpha value is -0.900. The van der Waals surface area contributed by atoms with Crippen molar-refractivity contribution in [3.8, 4) is 0 Å². The third kappa shape index (κ3) is 1.48. The van der Waals surface area contributed by atoms with Crippen molar-refractivity contribution < 1.29 is 8.91 Å². The molecule has 2 heterocycles. The maximum Gasteiger partial charge on any atom is 0.150 e. The second kappa shape index (κ2) is 2.86. The minimum atomic E-state index is -0.644. The standard InChI is InChI=1S/C8H11FN2O/c1-6-2-8(12-10-6)5-11-3-7(9)4-11/h2,7H,3-5H2,1H3. The summed E-state index contributed by atoms with van der Waals surface area (Å²) in [7, 11) is 0. The SMILES string of the molecule is Cc1cc(CN2CC(F)C2)on1. The van der Waals surface area contributed by atoms with Gasteiger partial charge in [-0.15, -0.1) is 0 Å². The molecule has 0 aliphatic carbocycles. The monoisotopic (exact) mass is 170 g/mol. The van der Waals surface area contributed by atoms with E-state index in [0.717, 1.165) is 11.5 Å². The van der Waals surface area contributed by atoms with Crippen molar-refractivity contribution in [3.05, 3.63) is 17.5 Å². The number of halogens is 1. The van der Waals surface area contributed by atoms with Crippen LogP contribution in [-0.2, 0) is 6.54 Å². The van der Waals surface area contributed by atoms with Gasteiger partial charge in [-0.05, 0) is 6.92 Å². The fourth-order valence-corrected chi connectivity index (χ4v) is 1.35. The molecule has 0 unspecified atom stereocenters. The Kier molecular flexibility index (Phi) is 1.84. The quantitative estimate of drug-likeness (QED) is 0.666. The second-order valence-corrected chi connectivity index (χ2v) is 3.23. The van der Waals surface area contributed by atoms with Crippen LogP contribution >= 0.6 is 0 Å². The number of alkyl halides is 1. The molecule has 1 aromatic heterocycles. The molecular formula is C8H11FN2O. The molecule has 0 N–H and O–H groups in total. The van der Waals surface area contributed by atoms with Gasteiger partial charge in [0.1, 0.15) is 6.17 Å². The van der Waals surface area contributed by atoms with E-state index in [-0.39, 0.29) is 0 Å². The smallest absolute Gasteiger partial charge is 0.150 e. The molecule has 1 saturated heterocycles. The van der Waals surface area contributed by atoms with Gasteiger partial charge in [0.15, 0.2) is 5.76 Å². The molecule has 0 bridgehead atoms. The van der Waals surface area contributed by atoms with E-state index in [1.54, 1.807) is 0 Å². The van der Waals surface area contributed by atoms with Crippen LogP contribution in [0.25, 0.3) is 0 Å². The fraction of sp³-hybridized carbons (Fsp3) is 0.625. The Balaban J connectivity index is 1.88. The van der Waals surface area contributed by atoms with Gasteiger partial charge in [0, 0.05) is 19.2 Å². The molecule has 2 rings (SSSR count). The summed E-state index contributed by atoms with van der Waals surface area (Å²) in [6, 6.07) is 1.88. The highest BCUT2D eigenvalue weighted by Gasteiger charge is 2.26. The molecule has 4 heteroatoms. The van der Waals surface area contributed by atoms with E-state index in [9.17, 15) is 4.39 Å². The number of rotatable bonds is 2. The molecule has 0 spiro atoms. The first-order chi connectivity index (χ1) is 5.74. The topological polar surface area (TPSA) is 29.3 Å². The van der Waals surface area contributed by atoms with Gasteiger partial charge in [-0.1, -0.05) is 5.16 Å². The fourth-order valence-electron chi connectivity index (χ4n) is 1.35. The second-order valence-electron chi connectivity index (χ2n) is 3.23. The Morgan fingerprint density at radius 1 is 1.75 bits per heavy atom. The summed E-state index contributed by atoms with van der Waals surface area (Å²) in [6.07, 6.45) is -0.644. The molecule has 0 radical (unpaired) electrons. The van der Waals surface area contributed by atoms with E-state index < -0.39 is 6.17 Å². The zero-order valence-electron chi connectivity index (χ0n) is 6.96. The lowest BCUT2D eigenvalue weighted by atomic mass is 10.2. The molecule has 0 saturated carbocycles. The predicted octanol–water partition coefficient (Wildman–Crippen LogP) is 1.14. The van der Waals surface area contributed by atoms with Gasteiger partial charge in [-0.2, -0.15) is 0 Å². The summed E-state index contributed by atoms with van der Waals surface area (Å²) in [5.74, 6) is 0.819. The summed E-state index contributed by atoms with van der Waals surface area (Å²) < 4.78 is 17.4. The molecular weight excluding hydrogens is 159 g/mol. The van der Waals surface area contributed by atoms with Crippen molar-refractivity contribution in [2.24, 2.45) is 0 Å². The van der Waals surface area contributed by atoms with E-state index in [2.05, 4.69) is 5.16 Å². The summed E-state index contributed by atoms with van der Waals surface area (Å²) in [4.78, 5) is 1.99. The van der Waals surface area contributed by atoms with E-state index in [4.69, 9.17) is 4.52 Å². The minimum Gasteiger partial charge on any atom is -0.360 e. The van der Waals surface area contributed by atoms with Crippen LogP contribution in [0.4, 0.5) is 4.39 Å². The molecule has 0 aromatic carbocycles. The Bertz CT molecular complexity index is 268. The minimum absolute atomic E-state index is 0.528. The summed E-state index contributed by atoms with van der Waals surface area (Å²) in [5, 5.41) is 3.75. The molecule has 66 valence electrons. The largest absolute Gasteiger partial charge is 0.360 e. The zero-order valence-corrected chi connectivity index (χ0v) is 6.96. The van der Waals surface area contributed by atoms with Crippen molar-refractivity contribution in [1.82, 2.24) is 10.1 Å². The maximum absolute atomic E-state index is 12.4. The predicted molar refractivity (Wildman–Crippen MR) is 41.4 cm³/mol. The molecule has 1 aromatic rings. The van der Waals surface area contributed by atoms with Gasteiger partial charge in [0.2, 0.25) is 0 Å². The molecule has 1 aliphatic heterocycles. The molecule has 0 atom stereocenters. The summed E-state index contributed by atoms with van der Waals surface area (Å²) in [6.45, 7) is 3.61. The number of aryl methyl sites for hydroxylation is 1. The average molecular weight is 170 g/mol. The number of hydrogen-bond donors (Lipinski definition) is 0. The number of likely N-dealkylation sites (tertiary alicyclic amines) is 1. The van der Waals surface area contributed by atoms with Gasteiger partial charge in [-0.3, -0.25) is 4.90 Å². The van der Waals surface area contributed by atoms with Gasteiger partial charge in [0.05, 0.1) is 12.2 Å². The third-order valence-electron chi connectivity index (χ3n) is 1.97. The lowest BCUT2D eigenvalue weighted by Crippen LogP contribution is -2.47. The number of hydrogen-bond acceptors (Lipinski definition) is 3. The van der Waals surface area contributed by atoms with E-state index in [1.165, 1.54) is 0 Å². The van der Waals surface area contributed by atoms with Gasteiger partial charge in [-0.25, -0.2) is 4.39 Å². The molecule has 1 fully saturated rings. The van der Waals surface area contributed by atoms with Crippen molar-refractivity contribution in [1.29, 1.82) is 0 Å². The lowest BCUT2D eigenvalue weighted by molar-refractivity contribution is 0.0517. The van der Waals surface area contributed by atoms with Crippen molar-refractivity contribution >= 4 is 0 Å². The zero-order chi connectivity index (χ0) is 8.55. The van der Waals surface area contributed by atoms with Crippen LogP contribution in [0.5, 0.6) is 0 Å². The van der Waals surface area contributed by atoms with E-state index in [1.807, 2.05) is 17.9 Å². The molecule has 3 nitrogen and oxygen atoms in total. The van der Waals surface area contributed by atoms with E-state index in [0.29, 0.717) is 19.6 Å². The van der Waals surface area contributed by atoms with Crippen LogP contribution in [0.2, 0.25) is 0 Å². The summed E-state index contributed by atoms with van der Waals surface area (Å²) in [5.41, 5.74) is 0.877. The highest BCUT2D eigenvalue weighted by Crippen LogP contribution is 2.15. The molecule has 0 amide bonds. The van der Waals surface area contributed by atoms with Crippen molar-refractivity contribution in [3.63, 3.8) is 0 Å². The van der Waals surface area contributed by atoms with Crippen molar-refractivity contribution in [2.75, 3.05) is 13.1 Å². The molecule has 12 heavy (non-hydrogen) atoms. The molecule has 1 aliphatic rings. The normalized spacial score (nSPS) is 19.5. The summed E-state index contributed by atoms with van der Waals surface area (Å²) >= 11 is 0. The maximum atomic E-state index is 12.4. The highest BCUT2D eigenvalue weighted by molar-refractivity contribution is 5.03. The van der Waals surface area contributed by atoms with E-state index >= 15 is 0 Å². The van der Waals surface area contributed by atoms with Crippen LogP contribution in [0, 0.1) is 6.92 Å². The Morgan fingerprint density at radius 2 is 2.50 bits per heavy atom. The number of nitrogens with zero attached hydrogens (tertiary/aromatic N) is 2. The van der Waals surface area contributed by atoms with Crippen LogP contribution in [0.1, 0.15) is 11.5 Å². The first-order valence-corrected chi connectivity index (χ1v) is 4.02. The van der Waals surface area contributed by atoms with Crippen LogP contribution < -0.4 is 0 Å². The highest BCUT2D eigenvalue weighted by atomic mass is 19.1. The van der Waals surface area contributed by atoms with Crippen molar-refractivity contribution in [2.45, 2.75) is 19.6 Å². The lowest BCUT2D eigenvalue weighted by Gasteiger charge is -2.33. The third-order valence-corrected chi connectivity index (χ3v) is 1.97.